The molecule has 3 aromatic carbocycles. The molecule has 0 bridgehead atoms. The summed E-state index contributed by atoms with van der Waals surface area (Å²) in [7, 11) is -2.52. The highest BCUT2D eigenvalue weighted by Crippen LogP contribution is 2.35. The van der Waals surface area contributed by atoms with Crippen molar-refractivity contribution in [1.29, 1.82) is 0 Å². The molecule has 6 nitrogen and oxygen atoms in total. The average molecular weight is 537 g/mol. The minimum absolute atomic E-state index is 0.0731. The average Bonchev–Trinajstić information content (AvgIpc) is 2.75. The molecule has 0 atom stereocenters. The van der Waals surface area contributed by atoms with Gasteiger partial charge in [0.15, 0.2) is 11.5 Å². The Morgan fingerprint density at radius 3 is 2.37 bits per heavy atom. The number of hydrogen-bond acceptors (Lipinski definition) is 6. The van der Waals surface area contributed by atoms with Gasteiger partial charge in [0.25, 0.3) is 0 Å². The van der Waals surface area contributed by atoms with E-state index >= 15 is 0 Å². The lowest BCUT2D eigenvalue weighted by Crippen LogP contribution is -2.11. The second-order valence-electron chi connectivity index (χ2n) is 6.07. The zero-order chi connectivity index (χ0) is 21.6. The molecule has 0 N–H and O–H groups in total. The Bertz CT molecular complexity index is 1130. The number of rotatable bonds is 8. The number of hydrogen-bond donors (Lipinski definition) is 0. The first-order valence-electron chi connectivity index (χ1n) is 9.07. The Morgan fingerprint density at radius 1 is 1.03 bits per heavy atom. The standard InChI is InChI=1S/C22H20INO5S/c1-3-28-18-11-9-17(10-12-18)24-15-16-13-20(23)22(21(14-16)27-2)29-30(25,26)19-7-5-4-6-8-19/h4-15H,3H2,1-2H3. The predicted molar refractivity (Wildman–Crippen MR) is 125 cm³/mol. The maximum atomic E-state index is 12.6. The fourth-order valence-corrected chi connectivity index (χ4v) is 4.45. The van der Waals surface area contributed by atoms with Gasteiger partial charge < -0.3 is 13.7 Å². The third-order valence-electron chi connectivity index (χ3n) is 3.99. The SMILES string of the molecule is CCOc1ccc(N=Cc2cc(I)c(OS(=O)(=O)c3ccccc3)c(OC)c2)cc1. The van der Waals surface area contributed by atoms with Crippen LogP contribution in [0.5, 0.6) is 17.2 Å². The van der Waals surface area contributed by atoms with E-state index in [0.29, 0.717) is 15.9 Å². The van der Waals surface area contributed by atoms with Gasteiger partial charge in [-0.2, -0.15) is 8.42 Å². The zero-order valence-electron chi connectivity index (χ0n) is 16.4. The number of aliphatic imine (C=N–C) groups is 1. The largest absolute Gasteiger partial charge is 0.494 e. The van der Waals surface area contributed by atoms with Crippen molar-refractivity contribution >= 4 is 44.6 Å². The molecule has 0 spiro atoms. The third-order valence-corrected chi connectivity index (χ3v) is 6.02. The summed E-state index contributed by atoms with van der Waals surface area (Å²) >= 11 is 2.01. The Labute approximate surface area is 189 Å². The molecule has 0 aliphatic carbocycles. The lowest BCUT2D eigenvalue weighted by molar-refractivity contribution is 0.340. The van der Waals surface area contributed by atoms with Crippen molar-refractivity contribution in [3.8, 4) is 17.2 Å². The molecule has 0 aromatic heterocycles. The van der Waals surface area contributed by atoms with E-state index in [1.807, 2.05) is 53.8 Å². The van der Waals surface area contributed by atoms with E-state index in [2.05, 4.69) is 4.99 Å². The molecule has 3 rings (SSSR count). The Kier molecular flexibility index (Phi) is 7.33. The molecule has 0 amide bonds. The highest BCUT2D eigenvalue weighted by atomic mass is 127. The molecule has 0 unspecified atom stereocenters. The van der Waals surface area contributed by atoms with Gasteiger partial charge in [0.2, 0.25) is 0 Å². The van der Waals surface area contributed by atoms with Crippen LogP contribution in [0.2, 0.25) is 0 Å². The highest BCUT2D eigenvalue weighted by Gasteiger charge is 2.21. The minimum Gasteiger partial charge on any atom is -0.494 e. The van der Waals surface area contributed by atoms with Gasteiger partial charge in [0.1, 0.15) is 10.6 Å². The fraction of sp³-hybridized carbons (Fsp3) is 0.136. The molecule has 0 saturated carbocycles. The molecule has 0 fully saturated rings. The summed E-state index contributed by atoms with van der Waals surface area (Å²) in [5.41, 5.74) is 1.51. The van der Waals surface area contributed by atoms with Gasteiger partial charge in [0.05, 0.1) is 23.0 Å². The summed E-state index contributed by atoms with van der Waals surface area (Å²) in [4.78, 5) is 4.52. The lowest BCUT2D eigenvalue weighted by atomic mass is 10.2. The van der Waals surface area contributed by atoms with Crippen LogP contribution in [0.25, 0.3) is 0 Å². The monoisotopic (exact) mass is 537 g/mol. The molecule has 0 radical (unpaired) electrons. The summed E-state index contributed by atoms with van der Waals surface area (Å²) in [5.74, 6) is 1.23. The molecule has 0 aliphatic rings. The summed E-state index contributed by atoms with van der Waals surface area (Å²) in [5, 5.41) is 0. The smallest absolute Gasteiger partial charge is 0.339 e. The second kappa shape index (κ2) is 9.94. The van der Waals surface area contributed by atoms with E-state index < -0.39 is 10.1 Å². The van der Waals surface area contributed by atoms with Gasteiger partial charge >= 0.3 is 10.1 Å². The van der Waals surface area contributed by atoms with Gasteiger partial charge in [-0.25, -0.2) is 0 Å². The van der Waals surface area contributed by atoms with E-state index in [-0.39, 0.29) is 10.6 Å². The molecule has 3 aromatic rings. The van der Waals surface area contributed by atoms with Crippen LogP contribution in [0.3, 0.4) is 0 Å². The van der Waals surface area contributed by atoms with Crippen molar-refractivity contribution in [3.05, 3.63) is 75.9 Å². The molecule has 0 heterocycles. The molecule has 8 heteroatoms. The number of methoxy groups -OCH3 is 1. The van der Waals surface area contributed by atoms with Gasteiger partial charge in [-0.05, 0) is 83.6 Å². The van der Waals surface area contributed by atoms with Gasteiger partial charge in [-0.1, -0.05) is 18.2 Å². The number of nitrogens with zero attached hydrogens (tertiary/aromatic N) is 1. The van der Waals surface area contributed by atoms with Gasteiger partial charge in [-0.15, -0.1) is 0 Å². The van der Waals surface area contributed by atoms with Crippen molar-refractivity contribution < 1.29 is 22.1 Å². The van der Waals surface area contributed by atoms with Crippen LogP contribution < -0.4 is 13.7 Å². The van der Waals surface area contributed by atoms with Crippen LogP contribution in [0, 0.1) is 3.57 Å². The molecule has 30 heavy (non-hydrogen) atoms. The van der Waals surface area contributed by atoms with Crippen LogP contribution in [0.1, 0.15) is 12.5 Å². The number of benzene rings is 3. The summed E-state index contributed by atoms with van der Waals surface area (Å²) < 4.78 is 41.9. The van der Waals surface area contributed by atoms with Crippen molar-refractivity contribution in [2.24, 2.45) is 4.99 Å². The quantitative estimate of drug-likeness (QED) is 0.224. The van der Waals surface area contributed by atoms with Crippen LogP contribution in [0.4, 0.5) is 5.69 Å². The van der Waals surface area contributed by atoms with Crippen molar-refractivity contribution in [2.45, 2.75) is 11.8 Å². The summed E-state index contributed by atoms with van der Waals surface area (Å²) in [6.45, 7) is 2.54. The van der Waals surface area contributed by atoms with Crippen LogP contribution in [-0.2, 0) is 10.1 Å². The second-order valence-corrected chi connectivity index (χ2v) is 8.78. The van der Waals surface area contributed by atoms with Crippen LogP contribution in [0.15, 0.2) is 76.6 Å². The Balaban J connectivity index is 1.85. The highest BCUT2D eigenvalue weighted by molar-refractivity contribution is 14.1. The van der Waals surface area contributed by atoms with Gasteiger partial charge in [0, 0.05) is 6.21 Å². The topological polar surface area (TPSA) is 74.2 Å². The molecule has 0 saturated heterocycles. The lowest BCUT2D eigenvalue weighted by Gasteiger charge is -2.13. The Hall–Kier alpha value is -2.59. The summed E-state index contributed by atoms with van der Waals surface area (Å²) in [6.07, 6.45) is 1.68. The van der Waals surface area contributed by atoms with Gasteiger partial charge in [-0.3, -0.25) is 4.99 Å². The first kappa shape index (κ1) is 22.1. The van der Waals surface area contributed by atoms with Crippen LogP contribution >= 0.6 is 22.6 Å². The predicted octanol–water partition coefficient (Wildman–Crippen LogP) is 5.22. The first-order valence-corrected chi connectivity index (χ1v) is 11.6. The zero-order valence-corrected chi connectivity index (χ0v) is 19.4. The molecule has 0 aliphatic heterocycles. The van der Waals surface area contributed by atoms with E-state index in [9.17, 15) is 8.42 Å². The number of halogens is 1. The van der Waals surface area contributed by atoms with Crippen LogP contribution in [-0.4, -0.2) is 28.3 Å². The molecule has 156 valence electrons. The molecular weight excluding hydrogens is 517 g/mol. The summed E-state index contributed by atoms with van der Waals surface area (Å²) in [6, 6.07) is 18.8. The maximum absolute atomic E-state index is 12.6. The van der Waals surface area contributed by atoms with E-state index in [4.69, 9.17) is 13.7 Å². The van der Waals surface area contributed by atoms with E-state index in [0.717, 1.165) is 17.0 Å². The maximum Gasteiger partial charge on any atom is 0.339 e. The minimum atomic E-state index is -3.98. The molecular formula is C22H20INO5S. The van der Waals surface area contributed by atoms with E-state index in [1.54, 1.807) is 36.5 Å². The fourth-order valence-electron chi connectivity index (χ4n) is 2.58. The third kappa shape index (κ3) is 5.51. The van der Waals surface area contributed by atoms with Crippen molar-refractivity contribution in [1.82, 2.24) is 0 Å². The first-order chi connectivity index (χ1) is 14.4. The number of ether oxygens (including phenoxy) is 2. The van der Waals surface area contributed by atoms with Crippen molar-refractivity contribution in [2.75, 3.05) is 13.7 Å². The normalized spacial score (nSPS) is 11.4. The van der Waals surface area contributed by atoms with E-state index in [1.165, 1.54) is 19.2 Å². The Morgan fingerprint density at radius 2 is 1.73 bits per heavy atom. The van der Waals surface area contributed by atoms with Crippen molar-refractivity contribution in [3.63, 3.8) is 0 Å².